The summed E-state index contributed by atoms with van der Waals surface area (Å²) < 4.78 is 30.3. The second-order valence-corrected chi connectivity index (χ2v) is 10.5. The average molecular weight is 451 g/mol. The molecule has 0 aromatic heterocycles. The van der Waals surface area contributed by atoms with E-state index in [-0.39, 0.29) is 5.56 Å². The van der Waals surface area contributed by atoms with Crippen molar-refractivity contribution in [1.82, 2.24) is 0 Å². The third-order valence-corrected chi connectivity index (χ3v) is 8.30. The number of halogens is 2. The Hall–Kier alpha value is -1.96. The van der Waals surface area contributed by atoms with Crippen LogP contribution in [0.4, 0.5) is 8.78 Å². The van der Waals surface area contributed by atoms with E-state index in [4.69, 9.17) is 0 Å². The Morgan fingerprint density at radius 3 is 2.30 bits per heavy atom. The number of hydrogen-bond acceptors (Lipinski definition) is 0. The summed E-state index contributed by atoms with van der Waals surface area (Å²) in [6, 6.07) is 10.9. The van der Waals surface area contributed by atoms with E-state index in [1.807, 2.05) is 37.3 Å². The molecule has 2 aliphatic rings. The van der Waals surface area contributed by atoms with Crippen molar-refractivity contribution in [2.45, 2.75) is 90.4 Å². The van der Waals surface area contributed by atoms with Gasteiger partial charge < -0.3 is 0 Å². The molecule has 0 nitrogen and oxygen atoms in total. The summed E-state index contributed by atoms with van der Waals surface area (Å²) >= 11 is 0. The first-order valence-electron chi connectivity index (χ1n) is 13.3. The second kappa shape index (κ2) is 11.4. The Morgan fingerprint density at radius 2 is 1.61 bits per heavy atom. The summed E-state index contributed by atoms with van der Waals surface area (Å²) in [5.74, 6) is 1.94. The minimum absolute atomic E-state index is 0.115. The predicted octanol–water partition coefficient (Wildman–Crippen LogP) is 9.63. The molecule has 4 atom stereocenters. The number of benzene rings is 2. The molecular formula is C31H40F2. The lowest BCUT2D eigenvalue weighted by atomic mass is 9.63. The normalized spacial score (nSPS) is 25.3. The van der Waals surface area contributed by atoms with Gasteiger partial charge in [0.2, 0.25) is 0 Å². The summed E-state index contributed by atoms with van der Waals surface area (Å²) in [5, 5.41) is 0. The van der Waals surface area contributed by atoms with Crippen LogP contribution in [0.2, 0.25) is 0 Å². The number of aryl methyl sites for hydroxylation is 1. The third-order valence-electron chi connectivity index (χ3n) is 8.30. The SMILES string of the molecule is C/C=C/CCc1ccc(-c2c(F)cc([C@@H]3CC[C@@H]4CC(CCCC)CC[C@@H]4C3)cc2F)cc1. The third kappa shape index (κ3) is 5.94. The Morgan fingerprint density at radius 1 is 0.909 bits per heavy atom. The molecule has 2 aliphatic carbocycles. The van der Waals surface area contributed by atoms with Crippen LogP contribution < -0.4 is 0 Å². The van der Waals surface area contributed by atoms with Crippen LogP contribution in [-0.2, 0) is 6.42 Å². The topological polar surface area (TPSA) is 0 Å². The van der Waals surface area contributed by atoms with E-state index in [9.17, 15) is 0 Å². The Balaban J connectivity index is 1.43. The molecule has 0 heterocycles. The molecule has 33 heavy (non-hydrogen) atoms. The summed E-state index contributed by atoms with van der Waals surface area (Å²) in [5.41, 5.74) is 2.79. The van der Waals surface area contributed by atoms with E-state index in [2.05, 4.69) is 13.0 Å². The molecule has 0 bridgehead atoms. The van der Waals surface area contributed by atoms with Gasteiger partial charge in [0.05, 0.1) is 5.56 Å². The van der Waals surface area contributed by atoms with Crippen LogP contribution >= 0.6 is 0 Å². The largest absolute Gasteiger partial charge is 0.206 e. The van der Waals surface area contributed by atoms with E-state index < -0.39 is 11.6 Å². The van der Waals surface area contributed by atoms with Crippen LogP contribution in [0.3, 0.4) is 0 Å². The fourth-order valence-corrected chi connectivity index (χ4v) is 6.40. The number of rotatable bonds is 8. The van der Waals surface area contributed by atoms with Crippen LogP contribution in [-0.4, -0.2) is 0 Å². The molecule has 0 N–H and O–H groups in total. The lowest BCUT2D eigenvalue weighted by molar-refractivity contribution is 0.113. The van der Waals surface area contributed by atoms with Gasteiger partial charge in [0.25, 0.3) is 0 Å². The molecule has 2 aromatic rings. The minimum atomic E-state index is -0.419. The zero-order chi connectivity index (χ0) is 23.2. The number of fused-ring (bicyclic) bond motifs is 1. The van der Waals surface area contributed by atoms with E-state index >= 15 is 8.78 Å². The minimum Gasteiger partial charge on any atom is -0.206 e. The average Bonchev–Trinajstić information content (AvgIpc) is 2.83. The maximum atomic E-state index is 15.2. The van der Waals surface area contributed by atoms with Crippen molar-refractivity contribution in [3.05, 3.63) is 71.3 Å². The maximum absolute atomic E-state index is 15.2. The fourth-order valence-electron chi connectivity index (χ4n) is 6.40. The molecule has 0 spiro atoms. The molecule has 2 saturated carbocycles. The Labute approximate surface area is 199 Å². The molecule has 0 amide bonds. The van der Waals surface area contributed by atoms with Gasteiger partial charge in [-0.3, -0.25) is 0 Å². The van der Waals surface area contributed by atoms with Gasteiger partial charge in [0.15, 0.2) is 0 Å². The maximum Gasteiger partial charge on any atom is 0.134 e. The predicted molar refractivity (Wildman–Crippen MR) is 135 cm³/mol. The number of allylic oxidation sites excluding steroid dienone is 2. The quantitative estimate of drug-likeness (QED) is 0.351. The monoisotopic (exact) mass is 450 g/mol. The summed E-state index contributed by atoms with van der Waals surface area (Å²) in [6.07, 6.45) is 17.6. The van der Waals surface area contributed by atoms with Crippen LogP contribution in [0, 0.1) is 29.4 Å². The van der Waals surface area contributed by atoms with Gasteiger partial charge in [-0.1, -0.05) is 69.0 Å². The van der Waals surface area contributed by atoms with Crippen molar-refractivity contribution in [2.24, 2.45) is 17.8 Å². The van der Waals surface area contributed by atoms with Gasteiger partial charge in [-0.05, 0) is 104 Å². The van der Waals surface area contributed by atoms with Crippen molar-refractivity contribution >= 4 is 0 Å². The van der Waals surface area contributed by atoms with Crippen molar-refractivity contribution in [3.63, 3.8) is 0 Å². The highest BCUT2D eigenvalue weighted by molar-refractivity contribution is 5.65. The van der Waals surface area contributed by atoms with Crippen LogP contribution in [0.25, 0.3) is 11.1 Å². The number of unbranched alkanes of at least 4 members (excludes halogenated alkanes) is 1. The molecule has 0 saturated heterocycles. The van der Waals surface area contributed by atoms with Gasteiger partial charge >= 0.3 is 0 Å². The fraction of sp³-hybridized carbons (Fsp3) is 0.548. The lowest BCUT2D eigenvalue weighted by Crippen LogP contribution is -2.30. The molecular weight excluding hydrogens is 410 g/mol. The van der Waals surface area contributed by atoms with Crippen molar-refractivity contribution in [3.8, 4) is 11.1 Å². The van der Waals surface area contributed by atoms with E-state index in [1.165, 1.54) is 50.5 Å². The zero-order valence-electron chi connectivity index (χ0n) is 20.5. The van der Waals surface area contributed by atoms with Gasteiger partial charge in [-0.25, -0.2) is 8.78 Å². The Bertz CT molecular complexity index is 903. The molecule has 0 radical (unpaired) electrons. The summed E-state index contributed by atoms with van der Waals surface area (Å²) in [6.45, 7) is 4.30. The molecule has 4 rings (SSSR count). The smallest absolute Gasteiger partial charge is 0.134 e. The second-order valence-electron chi connectivity index (χ2n) is 10.5. The molecule has 178 valence electrons. The van der Waals surface area contributed by atoms with Gasteiger partial charge in [0.1, 0.15) is 11.6 Å². The summed E-state index contributed by atoms with van der Waals surface area (Å²) in [7, 11) is 0. The highest BCUT2D eigenvalue weighted by Gasteiger charge is 2.36. The van der Waals surface area contributed by atoms with Gasteiger partial charge in [0, 0.05) is 0 Å². The van der Waals surface area contributed by atoms with Crippen molar-refractivity contribution in [2.75, 3.05) is 0 Å². The molecule has 2 heteroatoms. The first-order chi connectivity index (χ1) is 16.1. The molecule has 2 fully saturated rings. The van der Waals surface area contributed by atoms with Gasteiger partial charge in [-0.15, -0.1) is 0 Å². The Kier molecular flexibility index (Phi) is 8.39. The van der Waals surface area contributed by atoms with Crippen LogP contribution in [0.5, 0.6) is 0 Å². The standard InChI is InChI=1S/C31H40F2/c1-3-5-7-9-22-10-13-24(14-11-22)31-29(32)20-28(21-30(31)33)27-17-16-25-18-23(8-6-4-2)12-15-26(25)19-27/h3,5,10-11,13-14,20-21,23,25-27H,4,6-9,12,15-19H2,1-2H3/b5-3+/t23?,25-,26-,27-/m1/s1. The molecule has 1 unspecified atom stereocenters. The van der Waals surface area contributed by atoms with Crippen LogP contribution in [0.1, 0.15) is 95.1 Å². The molecule has 2 aromatic carbocycles. The first kappa shape index (κ1) is 24.2. The summed E-state index contributed by atoms with van der Waals surface area (Å²) in [4.78, 5) is 0. The highest BCUT2D eigenvalue weighted by Crippen LogP contribution is 2.48. The van der Waals surface area contributed by atoms with E-state index in [0.29, 0.717) is 11.5 Å². The zero-order valence-corrected chi connectivity index (χ0v) is 20.5. The van der Waals surface area contributed by atoms with Crippen molar-refractivity contribution in [1.29, 1.82) is 0 Å². The van der Waals surface area contributed by atoms with Crippen molar-refractivity contribution < 1.29 is 8.78 Å². The van der Waals surface area contributed by atoms with E-state index in [0.717, 1.165) is 49.0 Å². The van der Waals surface area contributed by atoms with Gasteiger partial charge in [-0.2, -0.15) is 0 Å². The molecule has 0 aliphatic heterocycles. The van der Waals surface area contributed by atoms with Crippen LogP contribution in [0.15, 0.2) is 48.6 Å². The van der Waals surface area contributed by atoms with E-state index in [1.54, 1.807) is 12.1 Å². The first-order valence-corrected chi connectivity index (χ1v) is 13.3. The highest BCUT2D eigenvalue weighted by atomic mass is 19.1. The lowest BCUT2D eigenvalue weighted by Gasteiger charge is -2.42. The number of hydrogen-bond donors (Lipinski definition) is 0.